The summed E-state index contributed by atoms with van der Waals surface area (Å²) in [7, 11) is 0. The van der Waals surface area contributed by atoms with Crippen LogP contribution in [0, 0.1) is 0 Å². The fraction of sp³-hybridized carbons (Fsp3) is 0. The maximum atomic E-state index is 12.3. The summed E-state index contributed by atoms with van der Waals surface area (Å²) < 4.78 is 0. The van der Waals surface area contributed by atoms with Crippen molar-refractivity contribution in [3.05, 3.63) is 86.9 Å². The molecule has 0 aliphatic rings. The zero-order valence-electron chi connectivity index (χ0n) is 10.4. The Morgan fingerprint density at radius 1 is 1.10 bits per heavy atom. The summed E-state index contributed by atoms with van der Waals surface area (Å²) >= 11 is 5.78. The monoisotopic (exact) mass is 283 g/mol. The molecule has 0 bridgehead atoms. The van der Waals surface area contributed by atoms with Gasteiger partial charge in [0.2, 0.25) is 0 Å². The number of ketones is 1. The van der Waals surface area contributed by atoms with Crippen molar-refractivity contribution in [2.24, 2.45) is 5.11 Å². The van der Waals surface area contributed by atoms with Gasteiger partial charge < -0.3 is 0 Å². The van der Waals surface area contributed by atoms with Crippen molar-refractivity contribution < 1.29 is 4.79 Å². The van der Waals surface area contributed by atoms with Crippen LogP contribution in [0.3, 0.4) is 0 Å². The maximum Gasteiger partial charge on any atom is 0.195 e. The molecular formula is C15H10ClN3O. The highest BCUT2D eigenvalue weighted by molar-refractivity contribution is 6.30. The Bertz CT molecular complexity index is 687. The lowest BCUT2D eigenvalue weighted by atomic mass is 10.1. The largest absolute Gasteiger partial charge is 0.289 e. The van der Waals surface area contributed by atoms with Crippen LogP contribution in [-0.4, -0.2) is 5.78 Å². The van der Waals surface area contributed by atoms with Gasteiger partial charge >= 0.3 is 0 Å². The highest BCUT2D eigenvalue weighted by Crippen LogP contribution is 2.16. The third kappa shape index (κ3) is 3.48. The van der Waals surface area contributed by atoms with Crippen LogP contribution in [0.5, 0.6) is 0 Å². The van der Waals surface area contributed by atoms with E-state index in [0.717, 1.165) is 5.56 Å². The molecule has 0 heterocycles. The first-order valence-electron chi connectivity index (χ1n) is 5.83. The molecule has 0 atom stereocenters. The van der Waals surface area contributed by atoms with Gasteiger partial charge in [0.05, 0.1) is 5.70 Å². The molecule has 2 rings (SSSR count). The SMILES string of the molecule is [N-]=[N+]=NC(=Cc1ccccc1)C(=O)c1ccc(Cl)cc1. The number of rotatable bonds is 4. The molecule has 0 saturated heterocycles. The quantitative estimate of drug-likeness (QED) is 0.259. The third-order valence-corrected chi connectivity index (χ3v) is 2.85. The molecule has 0 aliphatic heterocycles. The van der Waals surface area contributed by atoms with Gasteiger partial charge in [0.25, 0.3) is 0 Å². The molecule has 5 heteroatoms. The molecule has 0 radical (unpaired) electrons. The minimum Gasteiger partial charge on any atom is -0.289 e. The van der Waals surface area contributed by atoms with Crippen molar-refractivity contribution >= 4 is 23.5 Å². The van der Waals surface area contributed by atoms with Crippen LogP contribution in [0.4, 0.5) is 0 Å². The lowest BCUT2D eigenvalue weighted by Gasteiger charge is -2.01. The summed E-state index contributed by atoms with van der Waals surface area (Å²) in [5.41, 5.74) is 9.85. The number of carbonyl (C=O) groups is 1. The molecule has 0 fully saturated rings. The lowest BCUT2D eigenvalue weighted by Crippen LogP contribution is -2.00. The van der Waals surface area contributed by atoms with Gasteiger partial charge in [-0.3, -0.25) is 4.79 Å². The smallest absolute Gasteiger partial charge is 0.195 e. The fourth-order valence-corrected chi connectivity index (χ4v) is 1.77. The van der Waals surface area contributed by atoms with Crippen molar-refractivity contribution in [1.29, 1.82) is 0 Å². The number of Topliss-reactive ketones (excluding diaryl/α,β-unsaturated/α-hetero) is 1. The van der Waals surface area contributed by atoms with Crippen LogP contribution in [-0.2, 0) is 0 Å². The molecule has 0 saturated carbocycles. The lowest BCUT2D eigenvalue weighted by molar-refractivity contribution is 0.103. The molecule has 4 nitrogen and oxygen atoms in total. The topological polar surface area (TPSA) is 65.8 Å². The first-order chi connectivity index (χ1) is 9.70. The molecule has 2 aromatic rings. The normalized spacial score (nSPS) is 10.8. The van der Waals surface area contributed by atoms with Gasteiger partial charge in [-0.25, -0.2) is 0 Å². The Morgan fingerprint density at radius 3 is 2.35 bits per heavy atom. The Kier molecular flexibility index (Phi) is 4.56. The summed E-state index contributed by atoms with van der Waals surface area (Å²) in [6.45, 7) is 0. The third-order valence-electron chi connectivity index (χ3n) is 2.59. The van der Waals surface area contributed by atoms with Crippen LogP contribution in [0.2, 0.25) is 5.02 Å². The second kappa shape index (κ2) is 6.57. The van der Waals surface area contributed by atoms with Crippen LogP contribution < -0.4 is 0 Å². The first-order valence-corrected chi connectivity index (χ1v) is 6.20. The molecule has 0 N–H and O–H groups in total. The van der Waals surface area contributed by atoms with Gasteiger partial charge in [-0.1, -0.05) is 47.0 Å². The standard InChI is InChI=1S/C15H10ClN3O/c16-13-8-6-12(7-9-13)15(20)14(18-19-17)10-11-4-2-1-3-5-11/h1-10H. The highest BCUT2D eigenvalue weighted by Gasteiger charge is 2.10. The van der Waals surface area contributed by atoms with Gasteiger partial charge in [-0.15, -0.1) is 0 Å². The number of carbonyl (C=O) groups excluding carboxylic acids is 1. The molecule has 0 amide bonds. The van der Waals surface area contributed by atoms with Gasteiger partial charge in [-0.2, -0.15) is 0 Å². The van der Waals surface area contributed by atoms with Crippen LogP contribution >= 0.6 is 11.6 Å². The molecule has 0 spiro atoms. The van der Waals surface area contributed by atoms with Crippen molar-refractivity contribution in [1.82, 2.24) is 0 Å². The molecule has 0 unspecified atom stereocenters. The van der Waals surface area contributed by atoms with Crippen LogP contribution in [0.15, 0.2) is 65.4 Å². The van der Waals surface area contributed by atoms with Crippen LogP contribution in [0.1, 0.15) is 15.9 Å². The number of hydrogen-bond acceptors (Lipinski definition) is 2. The number of azide groups is 1. The summed E-state index contributed by atoms with van der Waals surface area (Å²) in [6, 6.07) is 15.6. The highest BCUT2D eigenvalue weighted by atomic mass is 35.5. The van der Waals surface area contributed by atoms with Gasteiger partial charge in [0.1, 0.15) is 0 Å². The Morgan fingerprint density at radius 2 is 1.75 bits per heavy atom. The van der Waals surface area contributed by atoms with Gasteiger partial charge in [0.15, 0.2) is 5.78 Å². The van der Waals surface area contributed by atoms with Crippen molar-refractivity contribution in [3.63, 3.8) is 0 Å². The summed E-state index contributed by atoms with van der Waals surface area (Å²) in [5.74, 6) is -0.344. The average molecular weight is 284 g/mol. The zero-order chi connectivity index (χ0) is 14.4. The number of halogens is 1. The van der Waals surface area contributed by atoms with Gasteiger partial charge in [0, 0.05) is 15.5 Å². The summed E-state index contributed by atoms with van der Waals surface area (Å²) in [6.07, 6.45) is 1.55. The Balaban J connectivity index is 2.38. The van der Waals surface area contributed by atoms with E-state index in [0.29, 0.717) is 10.6 Å². The molecular weight excluding hydrogens is 274 g/mol. The summed E-state index contributed by atoms with van der Waals surface area (Å²) in [4.78, 5) is 15.0. The molecule has 20 heavy (non-hydrogen) atoms. The average Bonchev–Trinajstić information content (AvgIpc) is 2.48. The molecule has 98 valence electrons. The number of nitrogens with zero attached hydrogens (tertiary/aromatic N) is 3. The maximum absolute atomic E-state index is 12.3. The van der Waals surface area contributed by atoms with E-state index in [1.807, 2.05) is 30.3 Å². The fourth-order valence-electron chi connectivity index (χ4n) is 1.64. The number of allylic oxidation sites excluding steroid dienone is 1. The number of hydrogen-bond donors (Lipinski definition) is 0. The van der Waals surface area contributed by atoms with Gasteiger partial charge in [-0.05, 0) is 41.4 Å². The second-order valence-electron chi connectivity index (χ2n) is 3.97. The number of benzene rings is 2. The van der Waals surface area contributed by atoms with E-state index in [4.69, 9.17) is 17.1 Å². The summed E-state index contributed by atoms with van der Waals surface area (Å²) in [5, 5.41) is 4.02. The first kappa shape index (κ1) is 13.9. The van der Waals surface area contributed by atoms with E-state index in [2.05, 4.69) is 10.0 Å². The molecule has 2 aromatic carbocycles. The van der Waals surface area contributed by atoms with Crippen molar-refractivity contribution in [2.75, 3.05) is 0 Å². The predicted molar refractivity (Wildman–Crippen MR) is 79.3 cm³/mol. The van der Waals surface area contributed by atoms with E-state index in [9.17, 15) is 4.79 Å². The molecule has 0 aromatic heterocycles. The minimum atomic E-state index is -0.344. The Labute approximate surface area is 120 Å². The van der Waals surface area contributed by atoms with E-state index in [1.165, 1.54) is 0 Å². The van der Waals surface area contributed by atoms with Crippen molar-refractivity contribution in [3.8, 4) is 0 Å². The zero-order valence-corrected chi connectivity index (χ0v) is 11.2. The Hall–Kier alpha value is -2.55. The predicted octanol–water partition coefficient (Wildman–Crippen LogP) is 4.87. The van der Waals surface area contributed by atoms with Crippen molar-refractivity contribution in [2.45, 2.75) is 0 Å². The molecule has 0 aliphatic carbocycles. The van der Waals surface area contributed by atoms with E-state index < -0.39 is 0 Å². The van der Waals surface area contributed by atoms with E-state index in [1.54, 1.807) is 30.3 Å². The van der Waals surface area contributed by atoms with Crippen LogP contribution in [0.25, 0.3) is 16.5 Å². The van der Waals surface area contributed by atoms with E-state index >= 15 is 0 Å². The second-order valence-corrected chi connectivity index (χ2v) is 4.40. The minimum absolute atomic E-state index is 0.0426. The van der Waals surface area contributed by atoms with E-state index in [-0.39, 0.29) is 11.5 Å².